The van der Waals surface area contributed by atoms with Crippen LogP contribution in [0.15, 0.2) is 6.07 Å². The number of hydrogen-bond acceptors (Lipinski definition) is 3. The number of carbonyl (C=O) groups excluding carboxylic acids is 1. The first-order valence-electron chi connectivity index (χ1n) is 3.23. The second kappa shape index (κ2) is 2.75. The van der Waals surface area contributed by atoms with E-state index in [1.165, 1.54) is 11.3 Å². The highest BCUT2D eigenvalue weighted by atomic mass is 127. The summed E-state index contributed by atoms with van der Waals surface area (Å²) in [6.45, 7) is 0.540. The Kier molecular flexibility index (Phi) is 1.88. The molecule has 1 aliphatic heterocycles. The maximum absolute atomic E-state index is 11.1. The minimum atomic E-state index is -0.154. The number of cyclic esters (lactones) is 1. The molecule has 0 amide bonds. The Bertz CT molecular complexity index is 305. The molecule has 11 heavy (non-hydrogen) atoms. The zero-order valence-electron chi connectivity index (χ0n) is 5.59. The van der Waals surface area contributed by atoms with Gasteiger partial charge in [-0.25, -0.2) is 4.79 Å². The number of ether oxygens (including phenoxy) is 1. The van der Waals surface area contributed by atoms with E-state index in [-0.39, 0.29) is 5.97 Å². The predicted molar refractivity (Wildman–Crippen MR) is 51.0 cm³/mol. The lowest BCUT2D eigenvalue weighted by atomic mass is 10.2. The average Bonchev–Trinajstić information content (AvgIpc) is 2.31. The second-order valence-corrected chi connectivity index (χ2v) is 5.24. The lowest BCUT2D eigenvalue weighted by molar-refractivity contribution is 0.0488. The van der Waals surface area contributed by atoms with Gasteiger partial charge >= 0.3 is 5.97 Å². The lowest BCUT2D eigenvalue weighted by Crippen LogP contribution is -2.14. The van der Waals surface area contributed by atoms with E-state index < -0.39 is 0 Å². The molecule has 0 spiro atoms. The van der Waals surface area contributed by atoms with Crippen LogP contribution in [0, 0.1) is 2.88 Å². The van der Waals surface area contributed by atoms with Crippen LogP contribution in [0.4, 0.5) is 0 Å². The van der Waals surface area contributed by atoms with Crippen LogP contribution >= 0.6 is 33.9 Å². The van der Waals surface area contributed by atoms with Gasteiger partial charge in [-0.05, 0) is 34.2 Å². The summed E-state index contributed by atoms with van der Waals surface area (Å²) in [5.74, 6) is -0.154. The number of rotatable bonds is 0. The number of fused-ring (bicyclic) bond motifs is 1. The van der Waals surface area contributed by atoms with E-state index in [9.17, 15) is 4.79 Å². The Morgan fingerprint density at radius 1 is 1.64 bits per heavy atom. The van der Waals surface area contributed by atoms with Crippen LogP contribution in [0.5, 0.6) is 0 Å². The Balaban J connectivity index is 2.52. The van der Waals surface area contributed by atoms with Crippen molar-refractivity contribution in [3.05, 3.63) is 19.4 Å². The maximum atomic E-state index is 11.1. The van der Waals surface area contributed by atoms with Gasteiger partial charge in [-0.2, -0.15) is 0 Å². The SMILES string of the molecule is O=C1OCCc2cc(I)sc21. The van der Waals surface area contributed by atoms with Crippen molar-refractivity contribution in [2.75, 3.05) is 6.61 Å². The topological polar surface area (TPSA) is 26.3 Å². The van der Waals surface area contributed by atoms with Gasteiger partial charge in [-0.15, -0.1) is 11.3 Å². The van der Waals surface area contributed by atoms with Crippen LogP contribution in [0.3, 0.4) is 0 Å². The fraction of sp³-hybridized carbons (Fsp3) is 0.286. The molecule has 2 heterocycles. The highest BCUT2D eigenvalue weighted by Crippen LogP contribution is 2.27. The molecule has 0 aromatic carbocycles. The van der Waals surface area contributed by atoms with Crippen LogP contribution in [0.1, 0.15) is 15.2 Å². The van der Waals surface area contributed by atoms with Crippen LogP contribution < -0.4 is 0 Å². The van der Waals surface area contributed by atoms with E-state index in [1.807, 2.05) is 0 Å². The molecule has 0 aliphatic carbocycles. The molecule has 0 fully saturated rings. The summed E-state index contributed by atoms with van der Waals surface area (Å²) >= 11 is 3.73. The molecule has 1 aromatic heterocycles. The normalized spacial score (nSPS) is 15.9. The fourth-order valence-corrected chi connectivity index (χ4v) is 2.94. The lowest BCUT2D eigenvalue weighted by Gasteiger charge is -2.09. The van der Waals surface area contributed by atoms with Gasteiger partial charge in [0.05, 0.1) is 9.49 Å². The van der Waals surface area contributed by atoms with Gasteiger partial charge in [0.25, 0.3) is 0 Å². The fourth-order valence-electron chi connectivity index (χ4n) is 1.07. The van der Waals surface area contributed by atoms with Crippen molar-refractivity contribution in [3.63, 3.8) is 0 Å². The molecule has 0 N–H and O–H groups in total. The van der Waals surface area contributed by atoms with Crippen LogP contribution in [0.2, 0.25) is 0 Å². The van der Waals surface area contributed by atoms with Crippen molar-refractivity contribution in [2.45, 2.75) is 6.42 Å². The number of esters is 1. The van der Waals surface area contributed by atoms with Gasteiger partial charge in [-0.1, -0.05) is 0 Å². The minimum absolute atomic E-state index is 0.154. The van der Waals surface area contributed by atoms with E-state index in [0.717, 1.165) is 19.7 Å². The predicted octanol–water partition coefficient (Wildman–Crippen LogP) is 2.07. The first-order chi connectivity index (χ1) is 5.27. The Hall–Kier alpha value is -0.100. The van der Waals surface area contributed by atoms with Crippen LogP contribution in [0.25, 0.3) is 0 Å². The minimum Gasteiger partial charge on any atom is -0.461 e. The molecule has 58 valence electrons. The molecule has 0 radical (unpaired) electrons. The molecular weight excluding hydrogens is 275 g/mol. The molecule has 0 atom stereocenters. The molecule has 4 heteroatoms. The van der Waals surface area contributed by atoms with Crippen LogP contribution in [-0.4, -0.2) is 12.6 Å². The number of halogens is 1. The smallest absolute Gasteiger partial charge is 0.348 e. The molecule has 0 unspecified atom stereocenters. The molecule has 2 nitrogen and oxygen atoms in total. The monoisotopic (exact) mass is 280 g/mol. The standard InChI is InChI=1S/C7H5IO2S/c8-5-3-4-1-2-10-7(9)6(4)11-5/h3H,1-2H2. The van der Waals surface area contributed by atoms with Crippen LogP contribution in [-0.2, 0) is 11.2 Å². The Morgan fingerprint density at radius 3 is 3.18 bits per heavy atom. The summed E-state index contributed by atoms with van der Waals surface area (Å²) in [6.07, 6.45) is 0.876. The third-order valence-corrected chi connectivity index (χ3v) is 3.49. The summed E-state index contributed by atoms with van der Waals surface area (Å²) in [5, 5.41) is 0. The van der Waals surface area contributed by atoms with E-state index in [0.29, 0.717) is 6.61 Å². The zero-order valence-corrected chi connectivity index (χ0v) is 8.57. The first kappa shape index (κ1) is 7.54. The van der Waals surface area contributed by atoms with Crippen molar-refractivity contribution in [1.82, 2.24) is 0 Å². The number of carbonyl (C=O) groups is 1. The summed E-state index contributed by atoms with van der Waals surface area (Å²) in [6, 6.07) is 2.06. The van der Waals surface area contributed by atoms with Crippen molar-refractivity contribution in [3.8, 4) is 0 Å². The molecule has 0 saturated carbocycles. The highest BCUT2D eigenvalue weighted by molar-refractivity contribution is 14.1. The number of thiophene rings is 1. The van der Waals surface area contributed by atoms with Crippen molar-refractivity contribution >= 4 is 39.9 Å². The van der Waals surface area contributed by atoms with Gasteiger partial charge in [-0.3, -0.25) is 0 Å². The quantitative estimate of drug-likeness (QED) is 0.537. The van der Waals surface area contributed by atoms with Gasteiger partial charge in [0, 0.05) is 6.42 Å². The third-order valence-electron chi connectivity index (χ3n) is 1.57. The molecular formula is C7H5IO2S. The summed E-state index contributed by atoms with van der Waals surface area (Å²) in [5.41, 5.74) is 1.15. The Labute approximate surface area is 81.7 Å². The third kappa shape index (κ3) is 1.29. The summed E-state index contributed by atoms with van der Waals surface area (Å²) in [7, 11) is 0. The highest BCUT2D eigenvalue weighted by Gasteiger charge is 2.20. The van der Waals surface area contributed by atoms with Gasteiger partial charge in [0.2, 0.25) is 0 Å². The summed E-state index contributed by atoms with van der Waals surface area (Å²) < 4.78 is 6.04. The first-order valence-corrected chi connectivity index (χ1v) is 5.12. The largest absolute Gasteiger partial charge is 0.461 e. The average molecular weight is 280 g/mol. The van der Waals surface area contributed by atoms with Crippen molar-refractivity contribution in [1.29, 1.82) is 0 Å². The van der Waals surface area contributed by atoms with E-state index in [1.54, 1.807) is 0 Å². The second-order valence-electron chi connectivity index (χ2n) is 2.29. The summed E-state index contributed by atoms with van der Waals surface area (Å²) in [4.78, 5) is 11.9. The molecule has 1 aliphatic rings. The molecule has 1 aromatic rings. The van der Waals surface area contributed by atoms with E-state index in [2.05, 4.69) is 28.7 Å². The number of hydrogen-bond donors (Lipinski definition) is 0. The molecule has 0 saturated heterocycles. The van der Waals surface area contributed by atoms with Crippen molar-refractivity contribution < 1.29 is 9.53 Å². The molecule has 0 bridgehead atoms. The maximum Gasteiger partial charge on any atom is 0.348 e. The zero-order chi connectivity index (χ0) is 7.84. The van der Waals surface area contributed by atoms with Crippen molar-refractivity contribution in [2.24, 2.45) is 0 Å². The van der Waals surface area contributed by atoms with Gasteiger partial charge < -0.3 is 4.74 Å². The van der Waals surface area contributed by atoms with Gasteiger partial charge in [0.1, 0.15) is 4.88 Å². The molecule has 2 rings (SSSR count). The van der Waals surface area contributed by atoms with E-state index in [4.69, 9.17) is 4.74 Å². The Morgan fingerprint density at radius 2 is 2.45 bits per heavy atom. The van der Waals surface area contributed by atoms with E-state index >= 15 is 0 Å². The van der Waals surface area contributed by atoms with Gasteiger partial charge in [0.15, 0.2) is 0 Å².